The van der Waals surface area contributed by atoms with Gasteiger partial charge in [-0.3, -0.25) is 33.8 Å². The van der Waals surface area contributed by atoms with Gasteiger partial charge in [0, 0.05) is 23.5 Å². The molecule has 1 saturated heterocycles. The van der Waals surface area contributed by atoms with Gasteiger partial charge in [-0.1, -0.05) is 18.0 Å². The molecular weight excluding hydrogens is 526 g/mol. The maximum atomic E-state index is 13.9. The van der Waals surface area contributed by atoms with E-state index >= 15 is 0 Å². The second-order valence-electron chi connectivity index (χ2n) is 11.8. The van der Waals surface area contributed by atoms with Crippen molar-refractivity contribution in [3.63, 3.8) is 0 Å². The lowest BCUT2D eigenvalue weighted by Crippen LogP contribution is -2.74. The van der Waals surface area contributed by atoms with Gasteiger partial charge < -0.3 is 15.9 Å². The molecule has 0 radical (unpaired) electrons. The summed E-state index contributed by atoms with van der Waals surface area (Å²) in [7, 11) is 3.11. The third-order valence-electron chi connectivity index (χ3n) is 9.38. The van der Waals surface area contributed by atoms with Crippen molar-refractivity contribution in [3.05, 3.63) is 27.8 Å². The molecule has 10 nitrogen and oxygen atoms in total. The summed E-state index contributed by atoms with van der Waals surface area (Å²) in [5.41, 5.74) is 3.65. The van der Waals surface area contributed by atoms with Crippen LogP contribution < -0.4 is 5.73 Å². The highest BCUT2D eigenvalue weighted by molar-refractivity contribution is 6.34. The van der Waals surface area contributed by atoms with E-state index in [9.17, 15) is 34.2 Å². The number of phenolic OH excluding ortho intramolecular Hbond substituents is 1. The molecule has 3 aliphatic carbocycles. The van der Waals surface area contributed by atoms with Gasteiger partial charge in [0.05, 0.1) is 17.5 Å². The van der Waals surface area contributed by atoms with Crippen molar-refractivity contribution >= 4 is 40.6 Å². The zero-order valence-electron chi connectivity index (χ0n) is 22.3. The molecule has 4 N–H and O–H groups in total. The minimum Gasteiger partial charge on any atom is -0.507 e. The summed E-state index contributed by atoms with van der Waals surface area (Å²) >= 11 is 6.85. The number of nitrogens with two attached hydrogens (primary N) is 1. The molecule has 1 aliphatic heterocycles. The fourth-order valence-electron chi connectivity index (χ4n) is 7.43. The maximum Gasteiger partial charge on any atom is 0.235 e. The number of carbonyl (C=O) groups is 5. The molecule has 1 amide bonds. The number of primary amides is 1. The number of aliphatic hydroxyl groups is 1. The maximum absolute atomic E-state index is 13.9. The number of nitrogens with zero attached hydrogens (tertiary/aromatic N) is 2. The van der Waals surface area contributed by atoms with Gasteiger partial charge in [0.15, 0.2) is 34.7 Å². The molecular formula is C28H34ClN3O7. The van der Waals surface area contributed by atoms with Gasteiger partial charge in [0.2, 0.25) is 5.91 Å². The summed E-state index contributed by atoms with van der Waals surface area (Å²) in [6.07, 6.45) is 3.42. The third kappa shape index (κ3) is 4.06. The Labute approximate surface area is 231 Å². The lowest BCUT2D eigenvalue weighted by atomic mass is 9.52. The molecule has 3 fully saturated rings. The number of piperidine rings is 1. The van der Waals surface area contributed by atoms with E-state index in [0.29, 0.717) is 28.7 Å². The van der Waals surface area contributed by atoms with E-state index in [0.717, 1.165) is 25.8 Å². The quantitative estimate of drug-likeness (QED) is 0.455. The van der Waals surface area contributed by atoms with Crippen LogP contribution in [0.4, 0.5) is 0 Å². The lowest BCUT2D eigenvalue weighted by molar-refractivity contribution is -0.181. The molecule has 7 atom stereocenters. The van der Waals surface area contributed by atoms with Gasteiger partial charge in [0.1, 0.15) is 5.75 Å². The van der Waals surface area contributed by atoms with Crippen LogP contribution in [-0.4, -0.2) is 87.4 Å². The first kappa shape index (κ1) is 27.9. The number of phenols is 1. The van der Waals surface area contributed by atoms with Gasteiger partial charge in [0.25, 0.3) is 0 Å². The molecule has 5 rings (SSSR count). The van der Waals surface area contributed by atoms with E-state index < -0.39 is 64.4 Å². The highest BCUT2D eigenvalue weighted by Gasteiger charge is 2.69. The second-order valence-corrected chi connectivity index (χ2v) is 12.2. The number of Topliss-reactive ketones (excluding diaryl/α,β-unsaturated/α-hetero) is 4. The summed E-state index contributed by atoms with van der Waals surface area (Å²) in [5.74, 6) is -10.6. The smallest absolute Gasteiger partial charge is 0.235 e. The van der Waals surface area contributed by atoms with Crippen LogP contribution in [0.5, 0.6) is 5.75 Å². The largest absolute Gasteiger partial charge is 0.507 e. The zero-order chi connectivity index (χ0) is 28.5. The third-order valence-corrected chi connectivity index (χ3v) is 9.85. The number of rotatable bonds is 4. The predicted molar refractivity (Wildman–Crippen MR) is 140 cm³/mol. The fourth-order valence-corrected chi connectivity index (χ4v) is 7.72. The predicted octanol–water partition coefficient (Wildman–Crippen LogP) is 0.895. The van der Waals surface area contributed by atoms with Crippen LogP contribution in [0, 0.1) is 23.7 Å². The minimum atomic E-state index is -2.74. The Kier molecular flexibility index (Phi) is 6.98. The number of amides is 1. The Morgan fingerprint density at radius 3 is 2.51 bits per heavy atom. The number of likely N-dealkylation sites (N-methyl/N-ethyl adjacent to an activating group) is 1. The van der Waals surface area contributed by atoms with E-state index in [-0.39, 0.29) is 24.2 Å². The van der Waals surface area contributed by atoms with Crippen molar-refractivity contribution < 1.29 is 34.2 Å². The Hall–Kier alpha value is -2.66. The molecule has 1 heterocycles. The van der Waals surface area contributed by atoms with Crippen molar-refractivity contribution in [3.8, 4) is 5.75 Å². The molecule has 2 saturated carbocycles. The standard InChI is InChI=1S/C28H34ClN3O7/c1-12-6-4-5-7-32(12)11-14-10-17(33)19-15(21(14)29)8-13-9-16-22(31(2)3)24(35)20(27(30)38)26(37)28(16,39)25(36)18(13)23(19)34/h10,12-13,16,18,20,22,33,39H,4-9,11H2,1-3H3,(H2,30,38)/t12-,13-,16-,18?,20?,22-,28-/m0/s1. The highest BCUT2D eigenvalue weighted by atomic mass is 35.5. The summed E-state index contributed by atoms with van der Waals surface area (Å²) in [6, 6.07) is 0.671. The van der Waals surface area contributed by atoms with Crippen molar-refractivity contribution in [2.75, 3.05) is 20.6 Å². The van der Waals surface area contributed by atoms with E-state index in [2.05, 4.69) is 11.8 Å². The molecule has 4 aliphatic rings. The van der Waals surface area contributed by atoms with Gasteiger partial charge in [-0.2, -0.15) is 0 Å². The first-order chi connectivity index (χ1) is 18.3. The molecule has 0 spiro atoms. The Morgan fingerprint density at radius 2 is 1.90 bits per heavy atom. The average molecular weight is 560 g/mol. The van der Waals surface area contributed by atoms with Gasteiger partial charge in [-0.25, -0.2) is 0 Å². The van der Waals surface area contributed by atoms with Crippen molar-refractivity contribution in [1.82, 2.24) is 9.80 Å². The van der Waals surface area contributed by atoms with Crippen molar-refractivity contribution in [2.24, 2.45) is 29.4 Å². The topological polar surface area (TPSA) is 158 Å². The molecule has 1 aromatic rings. The number of hydrogen-bond acceptors (Lipinski definition) is 9. The number of fused-ring (bicyclic) bond motifs is 3. The van der Waals surface area contributed by atoms with Gasteiger partial charge in [-0.05, 0) is 76.4 Å². The number of carbonyl (C=O) groups excluding carboxylic acids is 5. The van der Waals surface area contributed by atoms with Crippen molar-refractivity contribution in [1.29, 1.82) is 0 Å². The normalized spacial score (nSPS) is 35.0. The number of aromatic hydroxyl groups is 1. The van der Waals surface area contributed by atoms with Crippen LogP contribution >= 0.6 is 11.6 Å². The number of ketones is 4. The average Bonchev–Trinajstić information content (AvgIpc) is 2.85. The Bertz CT molecular complexity index is 1300. The van der Waals surface area contributed by atoms with Crippen LogP contribution in [0.3, 0.4) is 0 Å². The van der Waals surface area contributed by atoms with Crippen LogP contribution in [0.1, 0.15) is 54.1 Å². The summed E-state index contributed by atoms with van der Waals surface area (Å²) < 4.78 is 0. The SMILES string of the molecule is C[C@H]1CCCCN1Cc1cc(O)c2c(c1Cl)C[C@H]1C[C@H]3[C@H](N(C)C)C(=O)C(C(N)=O)C(=O)[C@@]3(O)C(=O)C1C2=O. The number of hydrogen-bond donors (Lipinski definition) is 3. The van der Waals surface area contributed by atoms with E-state index in [1.807, 2.05) is 0 Å². The molecule has 39 heavy (non-hydrogen) atoms. The molecule has 210 valence electrons. The van der Waals surface area contributed by atoms with Crippen LogP contribution in [0.2, 0.25) is 5.02 Å². The van der Waals surface area contributed by atoms with Crippen molar-refractivity contribution in [2.45, 2.75) is 63.3 Å². The van der Waals surface area contributed by atoms with Crippen LogP contribution in [-0.2, 0) is 32.1 Å². The fraction of sp³-hybridized carbons (Fsp3) is 0.607. The van der Waals surface area contributed by atoms with Gasteiger partial charge in [-0.15, -0.1) is 0 Å². The summed E-state index contributed by atoms with van der Waals surface area (Å²) in [6.45, 7) is 3.55. The molecule has 0 bridgehead atoms. The zero-order valence-corrected chi connectivity index (χ0v) is 23.0. The first-order valence-corrected chi connectivity index (χ1v) is 13.8. The van der Waals surface area contributed by atoms with Crippen LogP contribution in [0.15, 0.2) is 6.07 Å². The summed E-state index contributed by atoms with van der Waals surface area (Å²) in [4.78, 5) is 70.0. The molecule has 11 heteroatoms. The number of likely N-dealkylation sites (tertiary alicyclic amines) is 1. The van der Waals surface area contributed by atoms with Gasteiger partial charge >= 0.3 is 0 Å². The minimum absolute atomic E-state index is 0.00558. The molecule has 2 unspecified atom stereocenters. The Balaban J connectivity index is 1.56. The lowest BCUT2D eigenvalue weighted by Gasteiger charge is -2.52. The van der Waals surface area contributed by atoms with E-state index in [1.54, 1.807) is 14.1 Å². The summed E-state index contributed by atoms with van der Waals surface area (Å²) in [5, 5.41) is 23.0. The Morgan fingerprint density at radius 1 is 1.21 bits per heavy atom. The number of benzene rings is 1. The first-order valence-electron chi connectivity index (χ1n) is 13.4. The molecule has 1 aromatic carbocycles. The van der Waals surface area contributed by atoms with E-state index in [1.165, 1.54) is 11.0 Å². The van der Waals surface area contributed by atoms with Crippen LogP contribution in [0.25, 0.3) is 0 Å². The molecule has 0 aromatic heterocycles. The second kappa shape index (κ2) is 9.76. The number of halogens is 1. The van der Waals surface area contributed by atoms with E-state index in [4.69, 9.17) is 17.3 Å². The highest BCUT2D eigenvalue weighted by Crippen LogP contribution is 2.52. The monoisotopic (exact) mass is 559 g/mol.